The maximum Gasteiger partial charge on any atom is 0.215 e. The zero-order valence-electron chi connectivity index (χ0n) is 12.2. The molecule has 0 aromatic heterocycles. The molecule has 5 heteroatoms. The molecular formula is C14H24N2O2S. The molecule has 1 aromatic rings. The van der Waals surface area contributed by atoms with Crippen molar-refractivity contribution in [1.82, 2.24) is 10.0 Å². The van der Waals surface area contributed by atoms with E-state index < -0.39 is 10.0 Å². The van der Waals surface area contributed by atoms with Crippen molar-refractivity contribution in [2.45, 2.75) is 33.1 Å². The van der Waals surface area contributed by atoms with Crippen LogP contribution < -0.4 is 10.0 Å². The van der Waals surface area contributed by atoms with E-state index in [1.807, 2.05) is 24.3 Å². The van der Waals surface area contributed by atoms with E-state index in [9.17, 15) is 8.42 Å². The van der Waals surface area contributed by atoms with Crippen LogP contribution in [0.3, 0.4) is 0 Å². The van der Waals surface area contributed by atoms with Crippen molar-refractivity contribution < 1.29 is 8.42 Å². The molecule has 0 spiro atoms. The Morgan fingerprint density at radius 2 is 1.68 bits per heavy atom. The molecule has 0 unspecified atom stereocenters. The van der Waals surface area contributed by atoms with Crippen LogP contribution >= 0.6 is 0 Å². The molecule has 19 heavy (non-hydrogen) atoms. The third-order valence-electron chi connectivity index (χ3n) is 2.75. The molecule has 0 radical (unpaired) electrons. The van der Waals surface area contributed by atoms with Crippen molar-refractivity contribution in [2.75, 3.05) is 13.6 Å². The van der Waals surface area contributed by atoms with Gasteiger partial charge in [-0.05, 0) is 23.6 Å². The van der Waals surface area contributed by atoms with E-state index in [1.165, 1.54) is 7.05 Å². The summed E-state index contributed by atoms with van der Waals surface area (Å²) in [5.74, 6) is 0.0247. The number of benzene rings is 1. The van der Waals surface area contributed by atoms with Gasteiger partial charge in [-0.2, -0.15) is 0 Å². The van der Waals surface area contributed by atoms with E-state index in [0.29, 0.717) is 6.54 Å². The molecule has 108 valence electrons. The Hall–Kier alpha value is -0.910. The summed E-state index contributed by atoms with van der Waals surface area (Å²) < 4.78 is 25.6. The Labute approximate surface area is 116 Å². The summed E-state index contributed by atoms with van der Waals surface area (Å²) in [5.41, 5.74) is 2.09. The molecule has 0 atom stereocenters. The molecule has 2 N–H and O–H groups in total. The predicted octanol–water partition coefficient (Wildman–Crippen LogP) is 1.87. The Kier molecular flexibility index (Phi) is 5.52. The summed E-state index contributed by atoms with van der Waals surface area (Å²) in [4.78, 5) is 0. The van der Waals surface area contributed by atoms with Gasteiger partial charge < -0.3 is 5.32 Å². The summed E-state index contributed by atoms with van der Waals surface area (Å²) >= 11 is 0. The number of hydrogen-bond acceptors (Lipinski definition) is 3. The van der Waals surface area contributed by atoms with Gasteiger partial charge in [0.25, 0.3) is 0 Å². The number of nitrogens with one attached hydrogen (secondary N) is 2. The number of rotatable bonds is 6. The number of sulfonamides is 1. The molecule has 0 saturated carbocycles. The molecule has 1 aromatic carbocycles. The molecule has 0 bridgehead atoms. The predicted molar refractivity (Wildman–Crippen MR) is 79.3 cm³/mol. The first-order valence-corrected chi connectivity index (χ1v) is 8.07. The van der Waals surface area contributed by atoms with Gasteiger partial charge in [0.15, 0.2) is 0 Å². The van der Waals surface area contributed by atoms with Crippen molar-refractivity contribution in [3.63, 3.8) is 0 Å². The maximum atomic E-state index is 11.6. The molecule has 0 amide bonds. The smallest absolute Gasteiger partial charge is 0.215 e. The van der Waals surface area contributed by atoms with Gasteiger partial charge in [-0.1, -0.05) is 45.0 Å². The van der Waals surface area contributed by atoms with Gasteiger partial charge in [0, 0.05) is 13.1 Å². The second kappa shape index (κ2) is 6.50. The van der Waals surface area contributed by atoms with Crippen LogP contribution in [0, 0.1) is 5.41 Å². The van der Waals surface area contributed by atoms with Gasteiger partial charge in [-0.3, -0.25) is 0 Å². The van der Waals surface area contributed by atoms with E-state index in [1.54, 1.807) is 0 Å². The second-order valence-electron chi connectivity index (χ2n) is 5.90. The van der Waals surface area contributed by atoms with Crippen molar-refractivity contribution in [1.29, 1.82) is 0 Å². The molecule has 0 aliphatic carbocycles. The van der Waals surface area contributed by atoms with Crippen LogP contribution in [0.4, 0.5) is 0 Å². The lowest BCUT2D eigenvalue weighted by molar-refractivity contribution is 0.379. The van der Waals surface area contributed by atoms with E-state index in [0.717, 1.165) is 17.7 Å². The van der Waals surface area contributed by atoms with Crippen LogP contribution in [0.1, 0.15) is 31.9 Å². The molecule has 0 aliphatic rings. The Morgan fingerprint density at radius 1 is 1.11 bits per heavy atom. The van der Waals surface area contributed by atoms with Gasteiger partial charge in [-0.25, -0.2) is 13.1 Å². The fourth-order valence-electron chi connectivity index (χ4n) is 1.72. The van der Waals surface area contributed by atoms with Crippen LogP contribution in [0.2, 0.25) is 0 Å². The van der Waals surface area contributed by atoms with Crippen LogP contribution in [-0.2, 0) is 22.3 Å². The standard InChI is InChI=1S/C14H24N2O2S/c1-14(2,3)11-16-9-12-7-5-6-8-13(12)10-19(17,18)15-4/h5-8,15-16H,9-11H2,1-4H3. The fraction of sp³-hybridized carbons (Fsp3) is 0.571. The molecule has 0 saturated heterocycles. The molecule has 1 rings (SSSR count). The average Bonchev–Trinajstić information content (AvgIpc) is 2.29. The van der Waals surface area contributed by atoms with E-state index in [2.05, 4.69) is 30.8 Å². The maximum absolute atomic E-state index is 11.6. The lowest BCUT2D eigenvalue weighted by Crippen LogP contribution is -2.27. The number of hydrogen-bond donors (Lipinski definition) is 2. The molecule has 4 nitrogen and oxygen atoms in total. The quantitative estimate of drug-likeness (QED) is 0.838. The normalized spacial score (nSPS) is 12.6. The zero-order valence-corrected chi connectivity index (χ0v) is 13.0. The first-order valence-electron chi connectivity index (χ1n) is 6.42. The Morgan fingerprint density at radius 3 is 2.21 bits per heavy atom. The highest BCUT2D eigenvalue weighted by molar-refractivity contribution is 7.88. The van der Waals surface area contributed by atoms with Gasteiger partial charge in [0.1, 0.15) is 0 Å². The largest absolute Gasteiger partial charge is 0.312 e. The molecular weight excluding hydrogens is 260 g/mol. The Bertz CT molecular complexity index is 504. The lowest BCUT2D eigenvalue weighted by Gasteiger charge is -2.19. The van der Waals surface area contributed by atoms with Gasteiger partial charge in [0.05, 0.1) is 5.75 Å². The first kappa shape index (κ1) is 16.1. The van der Waals surface area contributed by atoms with Gasteiger partial charge >= 0.3 is 0 Å². The third-order valence-corrected chi connectivity index (χ3v) is 4.06. The molecule has 0 heterocycles. The first-order chi connectivity index (χ1) is 8.73. The van der Waals surface area contributed by atoms with Crippen molar-refractivity contribution >= 4 is 10.0 Å². The third kappa shape index (κ3) is 6.18. The average molecular weight is 284 g/mol. The summed E-state index contributed by atoms with van der Waals surface area (Å²) in [6.07, 6.45) is 0. The van der Waals surface area contributed by atoms with Crippen molar-refractivity contribution in [2.24, 2.45) is 5.41 Å². The van der Waals surface area contributed by atoms with E-state index in [4.69, 9.17) is 0 Å². The second-order valence-corrected chi connectivity index (χ2v) is 7.82. The SMILES string of the molecule is CNS(=O)(=O)Cc1ccccc1CNCC(C)(C)C. The van der Waals surface area contributed by atoms with E-state index >= 15 is 0 Å². The van der Waals surface area contributed by atoms with Crippen molar-refractivity contribution in [3.8, 4) is 0 Å². The minimum absolute atomic E-state index is 0.0247. The minimum Gasteiger partial charge on any atom is -0.312 e. The highest BCUT2D eigenvalue weighted by Crippen LogP contribution is 2.14. The van der Waals surface area contributed by atoms with Crippen LogP contribution in [0.5, 0.6) is 0 Å². The van der Waals surface area contributed by atoms with E-state index in [-0.39, 0.29) is 11.2 Å². The lowest BCUT2D eigenvalue weighted by atomic mass is 9.97. The van der Waals surface area contributed by atoms with Gasteiger partial charge in [0.2, 0.25) is 10.0 Å². The zero-order chi connectivity index (χ0) is 14.5. The summed E-state index contributed by atoms with van der Waals surface area (Å²) in [5, 5.41) is 3.37. The van der Waals surface area contributed by atoms with Crippen LogP contribution in [-0.4, -0.2) is 22.0 Å². The van der Waals surface area contributed by atoms with Gasteiger partial charge in [-0.15, -0.1) is 0 Å². The summed E-state index contributed by atoms with van der Waals surface area (Å²) in [6.45, 7) is 8.07. The summed E-state index contributed by atoms with van der Waals surface area (Å²) in [7, 11) is -1.79. The van der Waals surface area contributed by atoms with Crippen LogP contribution in [0.15, 0.2) is 24.3 Å². The molecule has 0 fully saturated rings. The summed E-state index contributed by atoms with van der Waals surface area (Å²) in [6, 6.07) is 7.64. The fourth-order valence-corrected chi connectivity index (χ4v) is 2.56. The minimum atomic E-state index is -3.23. The highest BCUT2D eigenvalue weighted by atomic mass is 32.2. The topological polar surface area (TPSA) is 58.2 Å². The highest BCUT2D eigenvalue weighted by Gasteiger charge is 2.13. The Balaban J connectivity index is 2.74. The van der Waals surface area contributed by atoms with Crippen LogP contribution in [0.25, 0.3) is 0 Å². The monoisotopic (exact) mass is 284 g/mol. The van der Waals surface area contributed by atoms with Crippen molar-refractivity contribution in [3.05, 3.63) is 35.4 Å². The molecule has 0 aliphatic heterocycles.